The molecule has 1 saturated heterocycles. The summed E-state index contributed by atoms with van der Waals surface area (Å²) in [6.45, 7) is 3.01. The van der Waals surface area contributed by atoms with E-state index in [0.29, 0.717) is 18.5 Å². The molecule has 1 spiro atoms. The van der Waals surface area contributed by atoms with Crippen molar-refractivity contribution in [2.75, 3.05) is 32.8 Å². The normalized spacial score (nSPS) is 24.1. The third-order valence-corrected chi connectivity index (χ3v) is 4.38. The van der Waals surface area contributed by atoms with Gasteiger partial charge in [0.15, 0.2) is 0 Å². The van der Waals surface area contributed by atoms with E-state index in [2.05, 4.69) is 10.2 Å². The minimum atomic E-state index is 0.0227. The fourth-order valence-electron chi connectivity index (χ4n) is 3.26. The highest BCUT2D eigenvalue weighted by molar-refractivity contribution is 5.77. The molecule has 2 aliphatic rings. The molecule has 1 saturated carbocycles. The highest BCUT2D eigenvalue weighted by Gasteiger charge is 2.36. The van der Waals surface area contributed by atoms with Crippen molar-refractivity contribution in [2.24, 2.45) is 5.41 Å². The fourth-order valence-corrected chi connectivity index (χ4v) is 3.26. The monoisotopic (exact) mass is 240 g/mol. The minimum absolute atomic E-state index is 0.0227. The number of amides is 1. The zero-order valence-corrected chi connectivity index (χ0v) is 10.6. The van der Waals surface area contributed by atoms with E-state index in [1.807, 2.05) is 0 Å². The molecule has 0 radical (unpaired) electrons. The maximum atomic E-state index is 11.5. The van der Waals surface area contributed by atoms with Crippen LogP contribution in [0.15, 0.2) is 0 Å². The molecule has 1 aliphatic carbocycles. The molecule has 0 aromatic rings. The zero-order chi connectivity index (χ0) is 12.1. The van der Waals surface area contributed by atoms with Gasteiger partial charge in [0.05, 0.1) is 13.2 Å². The van der Waals surface area contributed by atoms with Crippen LogP contribution in [0.2, 0.25) is 0 Å². The molecular weight excluding hydrogens is 216 g/mol. The lowest BCUT2D eigenvalue weighted by Crippen LogP contribution is -2.44. The van der Waals surface area contributed by atoms with Gasteiger partial charge in [-0.05, 0) is 44.2 Å². The Morgan fingerprint density at radius 3 is 2.41 bits per heavy atom. The van der Waals surface area contributed by atoms with Crippen molar-refractivity contribution < 1.29 is 9.90 Å². The van der Waals surface area contributed by atoms with Crippen LogP contribution >= 0.6 is 0 Å². The summed E-state index contributed by atoms with van der Waals surface area (Å²) >= 11 is 0. The first-order valence-electron chi connectivity index (χ1n) is 6.84. The first kappa shape index (κ1) is 12.8. The number of nitrogens with zero attached hydrogens (tertiary/aromatic N) is 1. The Kier molecular flexibility index (Phi) is 4.40. The maximum absolute atomic E-state index is 11.5. The van der Waals surface area contributed by atoms with Crippen molar-refractivity contribution in [1.82, 2.24) is 10.2 Å². The lowest BCUT2D eigenvalue weighted by molar-refractivity contribution is -0.123. The molecule has 4 nitrogen and oxygen atoms in total. The molecule has 4 heteroatoms. The van der Waals surface area contributed by atoms with Crippen molar-refractivity contribution in [1.29, 1.82) is 0 Å². The topological polar surface area (TPSA) is 52.6 Å². The summed E-state index contributed by atoms with van der Waals surface area (Å²) in [6.07, 6.45) is 8.13. The Morgan fingerprint density at radius 2 is 1.82 bits per heavy atom. The second-order valence-corrected chi connectivity index (χ2v) is 5.56. The van der Waals surface area contributed by atoms with Crippen molar-refractivity contribution >= 4 is 5.91 Å². The van der Waals surface area contributed by atoms with Gasteiger partial charge in [0.1, 0.15) is 0 Å². The largest absolute Gasteiger partial charge is 0.395 e. The number of piperidine rings is 1. The number of likely N-dealkylation sites (tertiary alicyclic amines) is 1. The van der Waals surface area contributed by atoms with E-state index in [0.717, 1.165) is 13.1 Å². The van der Waals surface area contributed by atoms with Gasteiger partial charge < -0.3 is 10.4 Å². The molecule has 1 amide bonds. The van der Waals surface area contributed by atoms with Gasteiger partial charge in [-0.15, -0.1) is 0 Å². The molecule has 2 N–H and O–H groups in total. The Hall–Kier alpha value is -0.610. The molecule has 98 valence electrons. The quantitative estimate of drug-likeness (QED) is 0.762. The Morgan fingerprint density at radius 1 is 1.18 bits per heavy atom. The van der Waals surface area contributed by atoms with Gasteiger partial charge in [0, 0.05) is 6.54 Å². The minimum Gasteiger partial charge on any atom is -0.395 e. The second-order valence-electron chi connectivity index (χ2n) is 5.56. The molecule has 0 bridgehead atoms. The molecule has 0 aromatic carbocycles. The Bertz CT molecular complexity index is 252. The van der Waals surface area contributed by atoms with Gasteiger partial charge in [-0.1, -0.05) is 12.8 Å². The first-order chi connectivity index (χ1) is 8.24. The van der Waals surface area contributed by atoms with Crippen molar-refractivity contribution in [2.45, 2.75) is 38.5 Å². The van der Waals surface area contributed by atoms with E-state index in [-0.39, 0.29) is 12.5 Å². The summed E-state index contributed by atoms with van der Waals surface area (Å²) in [5.41, 5.74) is 0.623. The zero-order valence-electron chi connectivity index (χ0n) is 10.6. The number of aliphatic hydroxyl groups is 1. The highest BCUT2D eigenvalue weighted by Crippen LogP contribution is 2.45. The third-order valence-electron chi connectivity index (χ3n) is 4.38. The first-order valence-corrected chi connectivity index (χ1v) is 6.84. The number of aliphatic hydroxyl groups excluding tert-OH is 1. The van der Waals surface area contributed by atoms with Crippen LogP contribution in [0.5, 0.6) is 0 Å². The number of rotatable bonds is 4. The van der Waals surface area contributed by atoms with Gasteiger partial charge in [-0.2, -0.15) is 0 Å². The summed E-state index contributed by atoms with van der Waals surface area (Å²) in [7, 11) is 0. The maximum Gasteiger partial charge on any atom is 0.234 e. The Labute approximate surface area is 103 Å². The summed E-state index contributed by atoms with van der Waals surface area (Å²) in [4.78, 5) is 13.8. The van der Waals surface area contributed by atoms with Crippen LogP contribution in [0, 0.1) is 5.41 Å². The molecule has 1 aliphatic heterocycles. The Balaban J connectivity index is 1.70. The van der Waals surface area contributed by atoms with Gasteiger partial charge in [-0.25, -0.2) is 0 Å². The van der Waals surface area contributed by atoms with E-state index < -0.39 is 0 Å². The van der Waals surface area contributed by atoms with Gasteiger partial charge in [0.2, 0.25) is 5.91 Å². The molecule has 0 aromatic heterocycles. The van der Waals surface area contributed by atoms with E-state index >= 15 is 0 Å². The lowest BCUT2D eigenvalue weighted by Gasteiger charge is -2.39. The van der Waals surface area contributed by atoms with Gasteiger partial charge >= 0.3 is 0 Å². The average molecular weight is 240 g/mol. The van der Waals surface area contributed by atoms with Gasteiger partial charge in [-0.3, -0.25) is 9.69 Å². The van der Waals surface area contributed by atoms with Crippen molar-refractivity contribution in [3.63, 3.8) is 0 Å². The molecule has 0 atom stereocenters. The molecule has 2 rings (SSSR count). The standard InChI is InChI=1S/C13H24N2O2/c16-10-7-14-12(17)11-15-8-5-13(6-9-15)3-1-2-4-13/h16H,1-11H2,(H,14,17). The lowest BCUT2D eigenvalue weighted by atomic mass is 9.77. The average Bonchev–Trinajstić information content (AvgIpc) is 2.79. The molecular formula is C13H24N2O2. The van der Waals surface area contributed by atoms with Crippen LogP contribution < -0.4 is 5.32 Å². The van der Waals surface area contributed by atoms with E-state index in [1.165, 1.54) is 38.5 Å². The number of nitrogens with one attached hydrogen (secondary N) is 1. The van der Waals surface area contributed by atoms with Crippen LogP contribution in [-0.2, 0) is 4.79 Å². The molecule has 0 unspecified atom stereocenters. The smallest absolute Gasteiger partial charge is 0.234 e. The van der Waals surface area contributed by atoms with E-state index in [1.54, 1.807) is 0 Å². The van der Waals surface area contributed by atoms with Gasteiger partial charge in [0.25, 0.3) is 0 Å². The molecule has 17 heavy (non-hydrogen) atoms. The van der Waals surface area contributed by atoms with Crippen LogP contribution in [0.4, 0.5) is 0 Å². The van der Waals surface area contributed by atoms with Crippen LogP contribution in [0.1, 0.15) is 38.5 Å². The van der Waals surface area contributed by atoms with Crippen molar-refractivity contribution in [3.05, 3.63) is 0 Å². The molecule has 1 heterocycles. The summed E-state index contributed by atoms with van der Waals surface area (Å²) in [5.74, 6) is 0.0430. The predicted octanol–water partition coefficient (Wildman–Crippen LogP) is 0.751. The third kappa shape index (κ3) is 3.42. The van der Waals surface area contributed by atoms with Crippen molar-refractivity contribution in [3.8, 4) is 0 Å². The number of hydrogen-bond donors (Lipinski definition) is 2. The second kappa shape index (κ2) is 5.83. The van der Waals surface area contributed by atoms with E-state index in [4.69, 9.17) is 5.11 Å². The van der Waals surface area contributed by atoms with Crippen LogP contribution in [0.25, 0.3) is 0 Å². The van der Waals surface area contributed by atoms with E-state index in [9.17, 15) is 4.79 Å². The highest BCUT2D eigenvalue weighted by atomic mass is 16.3. The fraction of sp³-hybridized carbons (Fsp3) is 0.923. The van der Waals surface area contributed by atoms with Crippen LogP contribution in [0.3, 0.4) is 0 Å². The number of carbonyl (C=O) groups excluding carboxylic acids is 1. The predicted molar refractivity (Wildman–Crippen MR) is 66.7 cm³/mol. The number of carbonyl (C=O) groups is 1. The SMILES string of the molecule is O=C(CN1CCC2(CCCC2)CC1)NCCO. The van der Waals surface area contributed by atoms with Crippen LogP contribution in [-0.4, -0.2) is 48.7 Å². The summed E-state index contributed by atoms with van der Waals surface area (Å²) < 4.78 is 0. The molecule has 2 fully saturated rings. The summed E-state index contributed by atoms with van der Waals surface area (Å²) in [6, 6.07) is 0. The summed E-state index contributed by atoms with van der Waals surface area (Å²) in [5, 5.41) is 11.3. The number of hydrogen-bond acceptors (Lipinski definition) is 3.